The van der Waals surface area contributed by atoms with E-state index in [1.807, 2.05) is 49.4 Å². The number of piperazine rings is 1. The van der Waals surface area contributed by atoms with Gasteiger partial charge in [-0.3, -0.25) is 0 Å². The van der Waals surface area contributed by atoms with Gasteiger partial charge in [0.05, 0.1) is 20.0 Å². The summed E-state index contributed by atoms with van der Waals surface area (Å²) in [7, 11) is -0.102. The van der Waals surface area contributed by atoms with E-state index >= 15 is 0 Å². The first-order valence-electron chi connectivity index (χ1n) is 8.93. The van der Waals surface area contributed by atoms with Crippen molar-refractivity contribution in [2.24, 2.45) is 0 Å². The van der Waals surface area contributed by atoms with Gasteiger partial charge in [0.1, 0.15) is 0 Å². The SMILES string of the molecule is COc1ccc(N2CCN(S(=O)(=O)Cc3ccc(C)cc3)CC2)cc1OC. The summed E-state index contributed by atoms with van der Waals surface area (Å²) in [5.41, 5.74) is 2.95. The van der Waals surface area contributed by atoms with Gasteiger partial charge in [-0.25, -0.2) is 8.42 Å². The third kappa shape index (κ3) is 4.54. The van der Waals surface area contributed by atoms with Gasteiger partial charge >= 0.3 is 0 Å². The molecule has 7 heteroatoms. The van der Waals surface area contributed by atoms with E-state index in [9.17, 15) is 8.42 Å². The fourth-order valence-corrected chi connectivity index (χ4v) is 4.75. The summed E-state index contributed by atoms with van der Waals surface area (Å²) in [5.74, 6) is 1.40. The Hall–Kier alpha value is -2.25. The molecule has 1 aliphatic heterocycles. The van der Waals surface area contributed by atoms with E-state index in [4.69, 9.17) is 9.47 Å². The van der Waals surface area contributed by atoms with Crippen LogP contribution in [0.5, 0.6) is 11.5 Å². The van der Waals surface area contributed by atoms with Crippen LogP contribution in [0.15, 0.2) is 42.5 Å². The van der Waals surface area contributed by atoms with Crippen molar-refractivity contribution in [1.29, 1.82) is 0 Å². The minimum atomic E-state index is -3.32. The fraction of sp³-hybridized carbons (Fsp3) is 0.400. The summed E-state index contributed by atoms with van der Waals surface area (Å²) in [4.78, 5) is 2.17. The predicted octanol–water partition coefficient (Wildman–Crippen LogP) is 2.66. The number of aryl methyl sites for hydroxylation is 1. The van der Waals surface area contributed by atoms with Crippen molar-refractivity contribution in [2.45, 2.75) is 12.7 Å². The number of nitrogens with zero attached hydrogens (tertiary/aromatic N) is 2. The molecule has 6 nitrogen and oxygen atoms in total. The van der Waals surface area contributed by atoms with Crippen molar-refractivity contribution < 1.29 is 17.9 Å². The van der Waals surface area contributed by atoms with Crippen LogP contribution >= 0.6 is 0 Å². The number of hydrogen-bond donors (Lipinski definition) is 0. The van der Waals surface area contributed by atoms with Gasteiger partial charge in [-0.1, -0.05) is 29.8 Å². The van der Waals surface area contributed by atoms with Crippen molar-refractivity contribution in [3.63, 3.8) is 0 Å². The number of hydrogen-bond acceptors (Lipinski definition) is 5. The molecule has 0 bridgehead atoms. The van der Waals surface area contributed by atoms with Gasteiger partial charge < -0.3 is 14.4 Å². The van der Waals surface area contributed by atoms with Crippen molar-refractivity contribution in [2.75, 3.05) is 45.3 Å². The van der Waals surface area contributed by atoms with Gasteiger partial charge in [0, 0.05) is 37.9 Å². The van der Waals surface area contributed by atoms with Gasteiger partial charge in [-0.05, 0) is 24.6 Å². The highest BCUT2D eigenvalue weighted by molar-refractivity contribution is 7.88. The van der Waals surface area contributed by atoms with E-state index in [1.165, 1.54) is 0 Å². The first-order chi connectivity index (χ1) is 12.9. The first-order valence-corrected chi connectivity index (χ1v) is 10.5. The average molecular weight is 391 g/mol. The Balaban J connectivity index is 1.65. The van der Waals surface area contributed by atoms with Gasteiger partial charge in [-0.2, -0.15) is 4.31 Å². The molecule has 0 N–H and O–H groups in total. The highest BCUT2D eigenvalue weighted by atomic mass is 32.2. The molecule has 1 saturated heterocycles. The van der Waals surface area contributed by atoms with Crippen molar-refractivity contribution in [3.8, 4) is 11.5 Å². The molecule has 1 fully saturated rings. The topological polar surface area (TPSA) is 59.1 Å². The molecule has 27 heavy (non-hydrogen) atoms. The van der Waals surface area contributed by atoms with Crippen LogP contribution in [0.1, 0.15) is 11.1 Å². The van der Waals surface area contributed by atoms with Crippen LogP contribution in [0.25, 0.3) is 0 Å². The number of anilines is 1. The molecule has 0 spiro atoms. The largest absolute Gasteiger partial charge is 0.493 e. The maximum atomic E-state index is 12.7. The molecule has 146 valence electrons. The highest BCUT2D eigenvalue weighted by Crippen LogP contribution is 2.32. The third-order valence-corrected chi connectivity index (χ3v) is 6.68. The number of ether oxygens (including phenoxy) is 2. The Kier molecular flexibility index (Phi) is 5.92. The van der Waals surface area contributed by atoms with E-state index < -0.39 is 10.0 Å². The summed E-state index contributed by atoms with van der Waals surface area (Å²) in [6.45, 7) is 4.22. The lowest BCUT2D eigenvalue weighted by atomic mass is 10.2. The molecular weight excluding hydrogens is 364 g/mol. The average Bonchev–Trinajstić information content (AvgIpc) is 2.69. The lowest BCUT2D eigenvalue weighted by Gasteiger charge is -2.35. The molecule has 0 aromatic heterocycles. The van der Waals surface area contributed by atoms with E-state index in [0.29, 0.717) is 37.7 Å². The first kappa shape index (κ1) is 19.5. The van der Waals surface area contributed by atoms with Crippen LogP contribution in [0.2, 0.25) is 0 Å². The second-order valence-corrected chi connectivity index (χ2v) is 8.64. The molecule has 1 heterocycles. The van der Waals surface area contributed by atoms with E-state index in [1.54, 1.807) is 18.5 Å². The fourth-order valence-electron chi connectivity index (χ4n) is 3.23. The Morgan fingerprint density at radius 2 is 1.52 bits per heavy atom. The molecule has 2 aromatic rings. The molecule has 0 radical (unpaired) electrons. The van der Waals surface area contributed by atoms with Crippen LogP contribution in [-0.2, 0) is 15.8 Å². The van der Waals surface area contributed by atoms with Crippen LogP contribution in [-0.4, -0.2) is 53.1 Å². The summed E-state index contributed by atoms with van der Waals surface area (Å²) in [6.07, 6.45) is 0. The van der Waals surface area contributed by atoms with Gasteiger partial charge in [0.2, 0.25) is 10.0 Å². The summed E-state index contributed by atoms with van der Waals surface area (Å²) in [5, 5.41) is 0. The molecular formula is C20H26N2O4S. The Bertz CT molecular complexity index is 873. The van der Waals surface area contributed by atoms with Gasteiger partial charge in [-0.15, -0.1) is 0 Å². The number of sulfonamides is 1. The summed E-state index contributed by atoms with van der Waals surface area (Å²) in [6, 6.07) is 13.4. The molecule has 0 atom stereocenters. The minimum absolute atomic E-state index is 0.0453. The number of methoxy groups -OCH3 is 2. The quantitative estimate of drug-likeness (QED) is 0.759. The maximum absolute atomic E-state index is 12.7. The lowest BCUT2D eigenvalue weighted by Crippen LogP contribution is -2.49. The summed E-state index contributed by atoms with van der Waals surface area (Å²) < 4.78 is 37.7. The van der Waals surface area contributed by atoms with Crippen LogP contribution < -0.4 is 14.4 Å². The Morgan fingerprint density at radius 3 is 2.11 bits per heavy atom. The zero-order chi connectivity index (χ0) is 19.4. The third-order valence-electron chi connectivity index (χ3n) is 4.83. The molecule has 3 rings (SSSR count). The number of benzene rings is 2. The van der Waals surface area contributed by atoms with Crippen molar-refractivity contribution >= 4 is 15.7 Å². The predicted molar refractivity (Wildman–Crippen MR) is 107 cm³/mol. The molecule has 1 aliphatic rings. The normalized spacial score (nSPS) is 15.6. The van der Waals surface area contributed by atoms with E-state index in [2.05, 4.69) is 4.90 Å². The highest BCUT2D eigenvalue weighted by Gasteiger charge is 2.27. The molecule has 2 aromatic carbocycles. The standard InChI is InChI=1S/C20H26N2O4S/c1-16-4-6-17(7-5-16)15-27(23,24)22-12-10-21(11-13-22)18-8-9-19(25-2)20(14-18)26-3/h4-9,14H,10-13,15H2,1-3H3. The minimum Gasteiger partial charge on any atom is -0.493 e. The molecule has 0 amide bonds. The summed E-state index contributed by atoms with van der Waals surface area (Å²) >= 11 is 0. The zero-order valence-corrected chi connectivity index (χ0v) is 16.8. The molecule has 0 saturated carbocycles. The second kappa shape index (κ2) is 8.19. The maximum Gasteiger partial charge on any atom is 0.218 e. The lowest BCUT2D eigenvalue weighted by molar-refractivity contribution is 0.354. The van der Waals surface area contributed by atoms with Crippen molar-refractivity contribution in [1.82, 2.24) is 4.31 Å². The Morgan fingerprint density at radius 1 is 0.889 bits per heavy atom. The van der Waals surface area contributed by atoms with E-state index in [-0.39, 0.29) is 5.75 Å². The van der Waals surface area contributed by atoms with Crippen LogP contribution in [0.4, 0.5) is 5.69 Å². The van der Waals surface area contributed by atoms with Crippen LogP contribution in [0.3, 0.4) is 0 Å². The Labute approximate surface area is 161 Å². The smallest absolute Gasteiger partial charge is 0.218 e. The molecule has 0 aliphatic carbocycles. The monoisotopic (exact) mass is 390 g/mol. The number of rotatable bonds is 6. The van der Waals surface area contributed by atoms with Crippen LogP contribution in [0, 0.1) is 6.92 Å². The van der Waals surface area contributed by atoms with E-state index in [0.717, 1.165) is 16.8 Å². The second-order valence-electron chi connectivity index (χ2n) is 6.67. The zero-order valence-electron chi connectivity index (χ0n) is 16.0. The molecule has 0 unspecified atom stereocenters. The van der Waals surface area contributed by atoms with Crippen molar-refractivity contribution in [3.05, 3.63) is 53.6 Å². The van der Waals surface area contributed by atoms with Gasteiger partial charge in [0.25, 0.3) is 0 Å². The van der Waals surface area contributed by atoms with Gasteiger partial charge in [0.15, 0.2) is 11.5 Å².